The lowest BCUT2D eigenvalue weighted by Crippen LogP contribution is -2.51. The Morgan fingerprint density at radius 2 is 1.89 bits per heavy atom. The fraction of sp³-hybridized carbons (Fsp3) is 0.444. The van der Waals surface area contributed by atoms with Gasteiger partial charge >= 0.3 is 6.61 Å². The molecule has 202 valence electrons. The maximum atomic E-state index is 13.5. The molecule has 3 aromatic heterocycles. The Hall–Kier alpha value is -3.89. The van der Waals surface area contributed by atoms with Crippen molar-refractivity contribution in [2.45, 2.75) is 58.6 Å². The van der Waals surface area contributed by atoms with Gasteiger partial charge in [-0.3, -0.25) is 4.79 Å². The number of hydrogen-bond donors (Lipinski definition) is 1. The average molecular weight is 527 g/mol. The maximum absolute atomic E-state index is 13.5. The van der Waals surface area contributed by atoms with E-state index in [1.54, 1.807) is 36.4 Å². The number of halogens is 2. The predicted octanol–water partition coefficient (Wildman–Crippen LogP) is 4.62. The molecule has 1 amide bonds. The summed E-state index contributed by atoms with van der Waals surface area (Å²) in [6.45, 7) is 5.54. The van der Waals surface area contributed by atoms with Crippen LogP contribution in [0.15, 0.2) is 36.7 Å². The molecule has 0 unspecified atom stereocenters. The largest absolute Gasteiger partial charge is 0.481 e. The summed E-state index contributed by atoms with van der Waals surface area (Å²) in [7, 11) is 1.38. The number of amides is 1. The highest BCUT2D eigenvalue weighted by Crippen LogP contribution is 2.34. The van der Waals surface area contributed by atoms with Gasteiger partial charge in [-0.1, -0.05) is 0 Å². The Morgan fingerprint density at radius 3 is 2.55 bits per heavy atom. The summed E-state index contributed by atoms with van der Waals surface area (Å²) >= 11 is 0. The Kier molecular flexibility index (Phi) is 8.03. The van der Waals surface area contributed by atoms with E-state index in [9.17, 15) is 13.6 Å². The average Bonchev–Trinajstić information content (AvgIpc) is 2.90. The summed E-state index contributed by atoms with van der Waals surface area (Å²) in [6.07, 6.45) is 4.99. The second-order valence-electron chi connectivity index (χ2n) is 9.62. The van der Waals surface area contributed by atoms with Gasteiger partial charge in [0.25, 0.3) is 0 Å². The third kappa shape index (κ3) is 5.98. The molecular formula is C27H32F2N6O3. The second kappa shape index (κ2) is 11.2. The molecule has 0 bridgehead atoms. The fourth-order valence-corrected chi connectivity index (χ4v) is 4.68. The minimum atomic E-state index is -3.03. The molecule has 2 atom stereocenters. The zero-order chi connectivity index (χ0) is 27.4. The molecule has 0 saturated carbocycles. The summed E-state index contributed by atoms with van der Waals surface area (Å²) in [5.41, 5.74) is 2.86. The van der Waals surface area contributed by atoms with E-state index in [2.05, 4.69) is 38.0 Å². The van der Waals surface area contributed by atoms with Crippen LogP contribution in [0.4, 0.5) is 14.6 Å². The normalized spacial score (nSPS) is 17.4. The number of aryl methyl sites for hydroxylation is 2. The number of rotatable bonds is 9. The molecule has 0 aliphatic carbocycles. The number of nitrogens with one attached hydrogen (secondary N) is 1. The smallest absolute Gasteiger partial charge is 0.388 e. The molecule has 1 aliphatic heterocycles. The zero-order valence-corrected chi connectivity index (χ0v) is 22.2. The van der Waals surface area contributed by atoms with Gasteiger partial charge < -0.3 is 19.7 Å². The topological polar surface area (TPSA) is 102 Å². The van der Waals surface area contributed by atoms with Gasteiger partial charge in [0, 0.05) is 43.2 Å². The molecule has 4 heterocycles. The number of likely N-dealkylation sites (N-methyl/N-ethyl adjacent to an activating group) is 1. The monoisotopic (exact) mass is 526 g/mol. The van der Waals surface area contributed by atoms with Crippen molar-refractivity contribution in [2.75, 3.05) is 25.5 Å². The van der Waals surface area contributed by atoms with Crippen molar-refractivity contribution in [1.82, 2.24) is 24.8 Å². The highest BCUT2D eigenvalue weighted by atomic mass is 19.3. The van der Waals surface area contributed by atoms with Crippen molar-refractivity contribution in [1.29, 1.82) is 0 Å². The molecule has 0 aromatic carbocycles. The maximum Gasteiger partial charge on any atom is 0.388 e. The van der Waals surface area contributed by atoms with E-state index in [0.717, 1.165) is 35.5 Å². The van der Waals surface area contributed by atoms with Crippen LogP contribution in [-0.4, -0.2) is 63.1 Å². The summed E-state index contributed by atoms with van der Waals surface area (Å²) in [5.74, 6) is 0.468. The van der Waals surface area contributed by atoms with Crippen LogP contribution in [0.1, 0.15) is 49.9 Å². The molecule has 0 radical (unpaired) electrons. The number of hydrogen-bond acceptors (Lipinski definition) is 8. The van der Waals surface area contributed by atoms with Crippen LogP contribution in [0.2, 0.25) is 0 Å². The number of pyridine rings is 2. The molecule has 38 heavy (non-hydrogen) atoms. The third-order valence-electron chi connectivity index (χ3n) is 6.79. The molecule has 1 N–H and O–H groups in total. The van der Waals surface area contributed by atoms with E-state index in [0.29, 0.717) is 24.5 Å². The summed E-state index contributed by atoms with van der Waals surface area (Å²) < 4.78 is 35.1. The number of nitrogens with zero attached hydrogens (tertiary/aromatic N) is 5. The van der Waals surface area contributed by atoms with Crippen LogP contribution in [-0.2, 0) is 11.2 Å². The Balaban J connectivity index is 1.52. The predicted molar refractivity (Wildman–Crippen MR) is 138 cm³/mol. The summed E-state index contributed by atoms with van der Waals surface area (Å²) in [4.78, 5) is 32.7. The Morgan fingerprint density at radius 1 is 1.18 bits per heavy atom. The van der Waals surface area contributed by atoms with Gasteiger partial charge in [-0.05, 0) is 63.8 Å². The molecule has 3 aromatic rings. The quantitative estimate of drug-likeness (QED) is 0.431. The van der Waals surface area contributed by atoms with E-state index in [4.69, 9.17) is 9.72 Å². The minimum absolute atomic E-state index is 0.0973. The first-order valence-electron chi connectivity index (χ1n) is 12.5. The number of ether oxygens (including phenoxy) is 2. The van der Waals surface area contributed by atoms with Crippen LogP contribution in [0.5, 0.6) is 11.8 Å². The van der Waals surface area contributed by atoms with E-state index >= 15 is 0 Å². The van der Waals surface area contributed by atoms with Crippen molar-refractivity contribution in [3.63, 3.8) is 0 Å². The molecule has 4 rings (SSSR count). The number of fused-ring (bicyclic) bond motifs is 1. The van der Waals surface area contributed by atoms with Crippen LogP contribution in [0.25, 0.3) is 11.4 Å². The van der Waals surface area contributed by atoms with E-state index in [-0.39, 0.29) is 17.7 Å². The SMILES string of the molecule is CCN(C[C@@]1(C)CCc2cc(-c3ncccn3)c(C)nc2N1)C(=O)[C@@H](C)c1cc(OC)nc(OC(F)F)c1. The van der Waals surface area contributed by atoms with Gasteiger partial charge in [0.05, 0.1) is 24.3 Å². The molecule has 0 fully saturated rings. The van der Waals surface area contributed by atoms with Gasteiger partial charge in [0.2, 0.25) is 17.7 Å². The van der Waals surface area contributed by atoms with Crippen molar-refractivity contribution < 1.29 is 23.0 Å². The molecular weight excluding hydrogens is 494 g/mol. The number of carbonyl (C=O) groups is 1. The van der Waals surface area contributed by atoms with Crippen LogP contribution >= 0.6 is 0 Å². The van der Waals surface area contributed by atoms with Gasteiger partial charge in [-0.15, -0.1) is 0 Å². The Labute approximate surface area is 220 Å². The number of carbonyl (C=O) groups excluding carboxylic acids is 1. The van der Waals surface area contributed by atoms with Crippen LogP contribution in [0.3, 0.4) is 0 Å². The number of aromatic nitrogens is 4. The second-order valence-corrected chi connectivity index (χ2v) is 9.62. The Bertz CT molecular complexity index is 1290. The highest BCUT2D eigenvalue weighted by molar-refractivity contribution is 5.83. The van der Waals surface area contributed by atoms with Crippen molar-refractivity contribution in [3.05, 3.63) is 53.5 Å². The van der Waals surface area contributed by atoms with Crippen LogP contribution < -0.4 is 14.8 Å². The molecule has 0 saturated heterocycles. The lowest BCUT2D eigenvalue weighted by Gasteiger charge is -2.40. The molecule has 9 nitrogen and oxygen atoms in total. The fourth-order valence-electron chi connectivity index (χ4n) is 4.68. The zero-order valence-electron chi connectivity index (χ0n) is 22.2. The van der Waals surface area contributed by atoms with Crippen molar-refractivity contribution in [2.24, 2.45) is 0 Å². The number of alkyl halides is 2. The third-order valence-corrected chi connectivity index (χ3v) is 6.79. The van der Waals surface area contributed by atoms with Gasteiger partial charge in [0.15, 0.2) is 5.82 Å². The summed E-state index contributed by atoms with van der Waals surface area (Å²) in [5, 5.41) is 3.56. The van der Waals surface area contributed by atoms with E-state index in [1.165, 1.54) is 13.2 Å². The standard InChI is InChI=1S/C27H32F2N6O3/c1-6-35(25(36)16(2)19-13-21(37-5)33-22(14-19)38-26(28)29)15-27(4)9-8-18-12-20(17(3)32-23(18)34-27)24-30-10-7-11-31-24/h7,10-14,16,26H,6,8-9,15H2,1-5H3,(H,32,34)/t16-,27+/m0/s1. The number of methoxy groups -OCH3 is 1. The molecule has 11 heteroatoms. The van der Waals surface area contributed by atoms with Gasteiger partial charge in [0.1, 0.15) is 5.82 Å². The molecule has 0 spiro atoms. The van der Waals surface area contributed by atoms with Crippen molar-refractivity contribution >= 4 is 11.7 Å². The van der Waals surface area contributed by atoms with E-state index in [1.807, 2.05) is 13.8 Å². The lowest BCUT2D eigenvalue weighted by atomic mass is 9.87. The van der Waals surface area contributed by atoms with Crippen molar-refractivity contribution in [3.8, 4) is 23.1 Å². The summed E-state index contributed by atoms with van der Waals surface area (Å²) in [6, 6.07) is 6.77. The van der Waals surface area contributed by atoms with Crippen LogP contribution in [0, 0.1) is 6.92 Å². The first kappa shape index (κ1) is 27.2. The van der Waals surface area contributed by atoms with Gasteiger partial charge in [-0.25, -0.2) is 15.0 Å². The van der Waals surface area contributed by atoms with E-state index < -0.39 is 18.1 Å². The molecule has 1 aliphatic rings. The first-order valence-corrected chi connectivity index (χ1v) is 12.5. The minimum Gasteiger partial charge on any atom is -0.481 e. The number of anilines is 1. The highest BCUT2D eigenvalue weighted by Gasteiger charge is 2.35. The first-order chi connectivity index (χ1) is 18.1. The lowest BCUT2D eigenvalue weighted by molar-refractivity contribution is -0.133. The van der Waals surface area contributed by atoms with Gasteiger partial charge in [-0.2, -0.15) is 13.8 Å².